The first-order valence-electron chi connectivity index (χ1n) is 6.29. The summed E-state index contributed by atoms with van der Waals surface area (Å²) < 4.78 is 0.524. The van der Waals surface area contributed by atoms with Crippen molar-refractivity contribution in [3.05, 3.63) is 51.7 Å². The summed E-state index contributed by atoms with van der Waals surface area (Å²) in [6.45, 7) is 4.48. The standard InChI is InChI=1S/C16H14N2S/c1-16(2)8-10-7-11(9-17)15(19)18-14(10)12-5-3-4-6-13(12)16/h3-7H,8H2,1-2H3,(H,18,19). The third kappa shape index (κ3) is 1.80. The minimum atomic E-state index is 0.0765. The average Bonchev–Trinajstić information content (AvgIpc) is 2.39. The van der Waals surface area contributed by atoms with E-state index in [1.165, 1.54) is 16.7 Å². The fourth-order valence-corrected chi connectivity index (χ4v) is 3.11. The van der Waals surface area contributed by atoms with E-state index in [1.807, 2.05) is 12.1 Å². The highest BCUT2D eigenvalue weighted by Crippen LogP contribution is 2.42. The Bertz CT molecular complexity index is 763. The van der Waals surface area contributed by atoms with E-state index in [0.717, 1.165) is 12.1 Å². The predicted molar refractivity (Wildman–Crippen MR) is 78.5 cm³/mol. The molecule has 94 valence electrons. The Kier molecular flexibility index (Phi) is 2.58. The number of nitriles is 1. The van der Waals surface area contributed by atoms with E-state index in [-0.39, 0.29) is 5.41 Å². The minimum Gasteiger partial charge on any atom is -0.345 e. The van der Waals surface area contributed by atoms with Gasteiger partial charge in [0.05, 0.1) is 11.3 Å². The summed E-state index contributed by atoms with van der Waals surface area (Å²) in [4.78, 5) is 3.23. The first-order chi connectivity index (χ1) is 9.03. The van der Waals surface area contributed by atoms with Crippen LogP contribution in [0, 0.1) is 16.0 Å². The molecule has 0 bridgehead atoms. The van der Waals surface area contributed by atoms with Gasteiger partial charge in [-0.25, -0.2) is 0 Å². The molecule has 0 fully saturated rings. The van der Waals surface area contributed by atoms with Crippen LogP contribution in [-0.4, -0.2) is 4.98 Å². The molecule has 1 N–H and O–H groups in total. The predicted octanol–water partition coefficient (Wildman–Crippen LogP) is 4.12. The van der Waals surface area contributed by atoms with Gasteiger partial charge < -0.3 is 4.98 Å². The highest BCUT2D eigenvalue weighted by atomic mass is 32.1. The van der Waals surface area contributed by atoms with Gasteiger partial charge in [0, 0.05) is 5.56 Å². The van der Waals surface area contributed by atoms with Crippen LogP contribution in [0.5, 0.6) is 0 Å². The molecule has 2 nitrogen and oxygen atoms in total. The zero-order chi connectivity index (χ0) is 13.6. The Morgan fingerprint density at radius 3 is 2.79 bits per heavy atom. The number of pyridine rings is 1. The lowest BCUT2D eigenvalue weighted by Crippen LogP contribution is -2.26. The van der Waals surface area contributed by atoms with Crippen LogP contribution in [0.3, 0.4) is 0 Å². The van der Waals surface area contributed by atoms with E-state index in [1.54, 1.807) is 0 Å². The van der Waals surface area contributed by atoms with Crippen molar-refractivity contribution in [3.63, 3.8) is 0 Å². The number of nitrogens with one attached hydrogen (secondary N) is 1. The van der Waals surface area contributed by atoms with Gasteiger partial charge in [0.25, 0.3) is 0 Å². The molecule has 0 spiro atoms. The number of aromatic amines is 1. The summed E-state index contributed by atoms with van der Waals surface area (Å²) in [6, 6.07) is 12.5. The number of fused-ring (bicyclic) bond motifs is 3. The van der Waals surface area contributed by atoms with E-state index in [9.17, 15) is 0 Å². The highest BCUT2D eigenvalue weighted by Gasteiger charge is 2.31. The number of hydrogen-bond donors (Lipinski definition) is 1. The SMILES string of the molecule is CC1(C)Cc2cc(C#N)c(=S)[nH]c2-c2ccccc21. The number of benzene rings is 1. The van der Waals surface area contributed by atoms with Gasteiger partial charge in [0.1, 0.15) is 10.7 Å². The van der Waals surface area contributed by atoms with Crippen molar-refractivity contribution >= 4 is 12.2 Å². The van der Waals surface area contributed by atoms with Crippen LogP contribution in [0.15, 0.2) is 30.3 Å². The summed E-state index contributed by atoms with van der Waals surface area (Å²) in [7, 11) is 0. The molecular formula is C16H14N2S. The van der Waals surface area contributed by atoms with Gasteiger partial charge in [-0.05, 0) is 29.0 Å². The first kappa shape index (κ1) is 12.1. The Morgan fingerprint density at radius 1 is 1.32 bits per heavy atom. The van der Waals surface area contributed by atoms with Crippen LogP contribution >= 0.6 is 12.2 Å². The zero-order valence-electron chi connectivity index (χ0n) is 10.9. The molecule has 0 saturated heterocycles. The fourth-order valence-electron chi connectivity index (χ4n) is 2.90. The maximum atomic E-state index is 9.11. The summed E-state index contributed by atoms with van der Waals surface area (Å²) in [5, 5.41) is 9.11. The largest absolute Gasteiger partial charge is 0.345 e. The summed E-state index contributed by atoms with van der Waals surface area (Å²) in [5.74, 6) is 0. The molecule has 3 heteroatoms. The van der Waals surface area contributed by atoms with Gasteiger partial charge in [-0.1, -0.05) is 50.3 Å². The van der Waals surface area contributed by atoms with Crippen molar-refractivity contribution in [2.45, 2.75) is 25.7 Å². The maximum absolute atomic E-state index is 9.11. The lowest BCUT2D eigenvalue weighted by molar-refractivity contribution is 0.515. The summed E-state index contributed by atoms with van der Waals surface area (Å²) in [5.41, 5.74) is 5.41. The molecule has 0 saturated carbocycles. The molecule has 1 aromatic heterocycles. The topological polar surface area (TPSA) is 39.6 Å². The molecule has 3 rings (SSSR count). The normalized spacial score (nSPS) is 15.2. The molecule has 1 aromatic carbocycles. The van der Waals surface area contributed by atoms with Gasteiger partial charge in [-0.3, -0.25) is 0 Å². The first-order valence-corrected chi connectivity index (χ1v) is 6.70. The molecule has 0 aliphatic heterocycles. The van der Waals surface area contributed by atoms with Crippen LogP contribution in [0.2, 0.25) is 0 Å². The number of hydrogen-bond acceptors (Lipinski definition) is 2. The monoisotopic (exact) mass is 266 g/mol. The number of H-pyrrole nitrogens is 1. The zero-order valence-corrected chi connectivity index (χ0v) is 11.8. The highest BCUT2D eigenvalue weighted by molar-refractivity contribution is 7.71. The Labute approximate surface area is 117 Å². The van der Waals surface area contributed by atoms with Gasteiger partial charge >= 0.3 is 0 Å². The molecule has 1 aliphatic carbocycles. The van der Waals surface area contributed by atoms with Crippen molar-refractivity contribution in [2.75, 3.05) is 0 Å². The molecule has 0 radical (unpaired) electrons. The molecule has 2 aromatic rings. The molecule has 0 atom stereocenters. The smallest absolute Gasteiger partial charge is 0.121 e. The molecular weight excluding hydrogens is 252 g/mol. The Balaban J connectivity index is 2.36. The molecule has 0 unspecified atom stereocenters. The maximum Gasteiger partial charge on any atom is 0.121 e. The van der Waals surface area contributed by atoms with Crippen molar-refractivity contribution in [1.82, 2.24) is 4.98 Å². The number of nitrogens with zero attached hydrogens (tertiary/aromatic N) is 1. The van der Waals surface area contributed by atoms with Gasteiger partial charge in [-0.2, -0.15) is 5.26 Å². The van der Waals surface area contributed by atoms with Gasteiger partial charge in [0.2, 0.25) is 0 Å². The molecule has 1 aliphatic rings. The second-order valence-electron chi connectivity index (χ2n) is 5.63. The second-order valence-corrected chi connectivity index (χ2v) is 6.04. The number of rotatable bonds is 0. The lowest BCUT2D eigenvalue weighted by atomic mass is 9.71. The van der Waals surface area contributed by atoms with Gasteiger partial charge in [-0.15, -0.1) is 0 Å². The molecule has 19 heavy (non-hydrogen) atoms. The van der Waals surface area contributed by atoms with Crippen LogP contribution in [0.25, 0.3) is 11.3 Å². The number of aromatic nitrogens is 1. The van der Waals surface area contributed by atoms with E-state index < -0.39 is 0 Å². The van der Waals surface area contributed by atoms with Crippen molar-refractivity contribution in [1.29, 1.82) is 5.26 Å². The Morgan fingerprint density at radius 2 is 2.05 bits per heavy atom. The fraction of sp³-hybridized carbons (Fsp3) is 0.250. The van der Waals surface area contributed by atoms with Crippen molar-refractivity contribution < 1.29 is 0 Å². The third-order valence-corrected chi connectivity index (χ3v) is 4.12. The van der Waals surface area contributed by atoms with Crippen molar-refractivity contribution in [3.8, 4) is 17.3 Å². The van der Waals surface area contributed by atoms with Gasteiger partial charge in [0.15, 0.2) is 0 Å². The molecule has 0 amide bonds. The quantitative estimate of drug-likeness (QED) is 0.729. The van der Waals surface area contributed by atoms with Crippen LogP contribution in [0.1, 0.15) is 30.5 Å². The van der Waals surface area contributed by atoms with E-state index in [4.69, 9.17) is 17.5 Å². The van der Waals surface area contributed by atoms with Crippen molar-refractivity contribution in [2.24, 2.45) is 0 Å². The average molecular weight is 266 g/mol. The van der Waals surface area contributed by atoms with E-state index in [2.05, 4.69) is 43.1 Å². The van der Waals surface area contributed by atoms with Crippen LogP contribution < -0.4 is 0 Å². The van der Waals surface area contributed by atoms with Crippen LogP contribution in [-0.2, 0) is 11.8 Å². The van der Waals surface area contributed by atoms with Crippen LogP contribution in [0.4, 0.5) is 0 Å². The summed E-state index contributed by atoms with van der Waals surface area (Å²) in [6.07, 6.45) is 0.917. The third-order valence-electron chi connectivity index (χ3n) is 3.80. The van der Waals surface area contributed by atoms with E-state index in [0.29, 0.717) is 10.2 Å². The second kappa shape index (κ2) is 4.04. The lowest BCUT2D eigenvalue weighted by Gasteiger charge is -2.33. The molecule has 1 heterocycles. The Hall–Kier alpha value is -1.92. The summed E-state index contributed by atoms with van der Waals surface area (Å²) >= 11 is 5.24. The van der Waals surface area contributed by atoms with E-state index >= 15 is 0 Å². The minimum absolute atomic E-state index is 0.0765.